The third kappa shape index (κ3) is 5.90. The Morgan fingerprint density at radius 3 is 1.67 bits per heavy atom. The van der Waals surface area contributed by atoms with Gasteiger partial charge in [-0.15, -0.1) is 0 Å². The molecule has 142 valence electrons. The van der Waals surface area contributed by atoms with Crippen LogP contribution in [0.4, 0.5) is 5.69 Å². The largest absolute Gasteiger partial charge is 0.399 e. The normalized spacial score (nSPS) is 11.3. The summed E-state index contributed by atoms with van der Waals surface area (Å²) in [4.78, 5) is -0.215. The second kappa shape index (κ2) is 8.31. The van der Waals surface area contributed by atoms with Crippen LogP contribution in [-0.2, 0) is 20.2 Å². The number of hydrogen-bond donors (Lipinski definition) is 3. The lowest BCUT2D eigenvalue weighted by Gasteiger charge is -2.06. The standard InChI is InChI=1S/C12H10O3S.C6H7NO3S/c13-16(14,15)12-9-5-4-8-11(12)10-6-2-1-3-7-10;7-5-1-3-6(4-2-5)11(8,9)10/h1-9H,(H,13,14,15);1-4H,7H2,(H,8,9,10). The molecular formula is C18H17NO6S2. The van der Waals surface area contributed by atoms with Gasteiger partial charge in [-0.1, -0.05) is 48.5 Å². The lowest BCUT2D eigenvalue weighted by molar-refractivity contribution is 0.481. The predicted octanol–water partition coefficient (Wildman–Crippen LogP) is 3.12. The zero-order valence-electron chi connectivity index (χ0n) is 13.9. The first-order valence-corrected chi connectivity index (χ1v) is 10.4. The fourth-order valence-electron chi connectivity index (χ4n) is 2.19. The molecule has 0 bridgehead atoms. The summed E-state index contributed by atoms with van der Waals surface area (Å²) in [5.74, 6) is 0. The highest BCUT2D eigenvalue weighted by molar-refractivity contribution is 7.86. The summed E-state index contributed by atoms with van der Waals surface area (Å²) in [5, 5.41) is 0. The van der Waals surface area contributed by atoms with Gasteiger partial charge >= 0.3 is 0 Å². The molecule has 0 heterocycles. The molecule has 0 radical (unpaired) electrons. The summed E-state index contributed by atoms with van der Waals surface area (Å²) in [5.41, 5.74) is 7.01. The van der Waals surface area contributed by atoms with Crippen molar-refractivity contribution in [2.45, 2.75) is 9.79 Å². The summed E-state index contributed by atoms with van der Waals surface area (Å²) in [7, 11) is -8.26. The van der Waals surface area contributed by atoms with E-state index in [2.05, 4.69) is 0 Å². The van der Waals surface area contributed by atoms with Crippen LogP contribution in [0.25, 0.3) is 11.1 Å². The maximum Gasteiger partial charge on any atom is 0.295 e. The van der Waals surface area contributed by atoms with Crippen LogP contribution in [0.15, 0.2) is 88.7 Å². The number of hydrogen-bond acceptors (Lipinski definition) is 5. The maximum absolute atomic E-state index is 11.2. The Morgan fingerprint density at radius 1 is 0.630 bits per heavy atom. The molecule has 0 saturated heterocycles. The second-order valence-electron chi connectivity index (χ2n) is 5.38. The van der Waals surface area contributed by atoms with E-state index in [1.165, 1.54) is 30.3 Å². The smallest absolute Gasteiger partial charge is 0.295 e. The molecule has 0 saturated carbocycles. The molecule has 27 heavy (non-hydrogen) atoms. The molecule has 3 aromatic rings. The zero-order valence-corrected chi connectivity index (χ0v) is 15.6. The van der Waals surface area contributed by atoms with E-state index in [4.69, 9.17) is 14.8 Å². The van der Waals surface area contributed by atoms with Crippen LogP contribution in [0.5, 0.6) is 0 Å². The molecule has 3 aromatic carbocycles. The van der Waals surface area contributed by atoms with Crippen LogP contribution in [0.1, 0.15) is 0 Å². The van der Waals surface area contributed by atoms with E-state index in [1.807, 2.05) is 18.2 Å². The van der Waals surface area contributed by atoms with E-state index >= 15 is 0 Å². The van der Waals surface area contributed by atoms with Crippen LogP contribution in [-0.4, -0.2) is 25.9 Å². The van der Waals surface area contributed by atoms with E-state index in [-0.39, 0.29) is 9.79 Å². The van der Waals surface area contributed by atoms with Gasteiger partial charge in [-0.3, -0.25) is 9.11 Å². The number of rotatable bonds is 3. The number of anilines is 1. The van der Waals surface area contributed by atoms with Gasteiger partial charge in [0.05, 0.1) is 4.90 Å². The monoisotopic (exact) mass is 407 g/mol. The van der Waals surface area contributed by atoms with Crippen molar-refractivity contribution in [2.24, 2.45) is 0 Å². The maximum atomic E-state index is 11.2. The predicted molar refractivity (Wildman–Crippen MR) is 102 cm³/mol. The first kappa shape index (κ1) is 20.6. The van der Waals surface area contributed by atoms with Gasteiger partial charge in [-0.2, -0.15) is 16.8 Å². The highest BCUT2D eigenvalue weighted by Crippen LogP contribution is 2.26. The van der Waals surface area contributed by atoms with Gasteiger partial charge in [0, 0.05) is 11.3 Å². The van der Waals surface area contributed by atoms with E-state index in [0.717, 1.165) is 5.56 Å². The molecule has 0 fully saturated rings. The first-order valence-electron chi connectivity index (χ1n) is 7.54. The molecule has 0 amide bonds. The Hall–Kier alpha value is -2.72. The van der Waals surface area contributed by atoms with Gasteiger partial charge in [-0.05, 0) is 35.9 Å². The zero-order chi connectivity index (χ0) is 20.1. The number of nitrogen functional groups attached to an aromatic ring is 1. The van der Waals surface area contributed by atoms with Gasteiger partial charge < -0.3 is 5.73 Å². The molecule has 0 aliphatic rings. The van der Waals surface area contributed by atoms with Crippen molar-refractivity contribution in [2.75, 3.05) is 5.73 Å². The topological polar surface area (TPSA) is 135 Å². The Balaban J connectivity index is 0.000000208. The summed E-state index contributed by atoms with van der Waals surface area (Å²) >= 11 is 0. The fourth-order valence-corrected chi connectivity index (χ4v) is 3.38. The molecule has 7 nitrogen and oxygen atoms in total. The molecule has 3 rings (SSSR count). The number of nitrogens with two attached hydrogens (primary N) is 1. The Kier molecular flexibility index (Phi) is 6.34. The van der Waals surface area contributed by atoms with E-state index in [0.29, 0.717) is 11.3 Å². The van der Waals surface area contributed by atoms with Crippen LogP contribution in [0, 0.1) is 0 Å². The van der Waals surface area contributed by atoms with Crippen molar-refractivity contribution in [3.05, 3.63) is 78.9 Å². The van der Waals surface area contributed by atoms with E-state index in [9.17, 15) is 16.8 Å². The molecular weight excluding hydrogens is 390 g/mol. The van der Waals surface area contributed by atoms with Crippen molar-refractivity contribution in [1.82, 2.24) is 0 Å². The molecule has 0 spiro atoms. The lowest BCUT2D eigenvalue weighted by Crippen LogP contribution is -2.00. The van der Waals surface area contributed by atoms with Crippen LogP contribution < -0.4 is 5.73 Å². The SMILES string of the molecule is Nc1ccc(S(=O)(=O)O)cc1.O=S(=O)(O)c1ccccc1-c1ccccc1. The Bertz CT molecular complexity index is 1110. The summed E-state index contributed by atoms with van der Waals surface area (Å²) in [6, 6.07) is 20.7. The summed E-state index contributed by atoms with van der Waals surface area (Å²) in [6.07, 6.45) is 0. The van der Waals surface area contributed by atoms with E-state index in [1.54, 1.807) is 30.3 Å². The average Bonchev–Trinajstić information content (AvgIpc) is 2.62. The second-order valence-corrected chi connectivity index (χ2v) is 8.19. The number of benzene rings is 3. The average molecular weight is 407 g/mol. The van der Waals surface area contributed by atoms with Gasteiger partial charge in [0.25, 0.3) is 20.2 Å². The van der Waals surface area contributed by atoms with Crippen LogP contribution in [0.2, 0.25) is 0 Å². The molecule has 0 aliphatic heterocycles. The third-order valence-corrected chi connectivity index (χ3v) is 5.21. The highest BCUT2D eigenvalue weighted by atomic mass is 32.2. The van der Waals surface area contributed by atoms with Gasteiger partial charge in [0.15, 0.2) is 0 Å². The third-order valence-electron chi connectivity index (χ3n) is 3.43. The van der Waals surface area contributed by atoms with Crippen molar-refractivity contribution in [3.63, 3.8) is 0 Å². The van der Waals surface area contributed by atoms with Gasteiger partial charge in [-0.25, -0.2) is 0 Å². The Labute approximate surface area is 157 Å². The molecule has 9 heteroatoms. The molecule has 0 unspecified atom stereocenters. The minimum Gasteiger partial charge on any atom is -0.399 e. The first-order chi connectivity index (χ1) is 12.6. The summed E-state index contributed by atoms with van der Waals surface area (Å²) < 4.78 is 60.9. The van der Waals surface area contributed by atoms with Crippen molar-refractivity contribution >= 4 is 25.9 Å². The molecule has 0 aromatic heterocycles. The van der Waals surface area contributed by atoms with Crippen molar-refractivity contribution in [3.8, 4) is 11.1 Å². The Morgan fingerprint density at radius 2 is 1.15 bits per heavy atom. The fraction of sp³-hybridized carbons (Fsp3) is 0. The van der Waals surface area contributed by atoms with Crippen molar-refractivity contribution < 1.29 is 25.9 Å². The summed E-state index contributed by atoms with van der Waals surface area (Å²) in [6.45, 7) is 0. The minimum absolute atomic E-state index is 0.0683. The quantitative estimate of drug-likeness (QED) is 0.448. The van der Waals surface area contributed by atoms with E-state index < -0.39 is 20.2 Å². The molecule has 0 aliphatic carbocycles. The lowest BCUT2D eigenvalue weighted by atomic mass is 10.1. The molecule has 4 N–H and O–H groups in total. The van der Waals surface area contributed by atoms with Gasteiger partial charge in [0.1, 0.15) is 4.90 Å². The van der Waals surface area contributed by atoms with Crippen LogP contribution >= 0.6 is 0 Å². The minimum atomic E-state index is -4.18. The van der Waals surface area contributed by atoms with Gasteiger partial charge in [0.2, 0.25) is 0 Å². The molecule has 0 atom stereocenters. The van der Waals surface area contributed by atoms with Crippen molar-refractivity contribution in [1.29, 1.82) is 0 Å². The highest BCUT2D eigenvalue weighted by Gasteiger charge is 2.15. The van der Waals surface area contributed by atoms with Crippen LogP contribution in [0.3, 0.4) is 0 Å².